The summed E-state index contributed by atoms with van der Waals surface area (Å²) < 4.78 is 0. The monoisotopic (exact) mass is 159 g/mol. The van der Waals surface area contributed by atoms with Gasteiger partial charge in [-0.3, -0.25) is 14.4 Å². The zero-order valence-electron chi connectivity index (χ0n) is 5.74. The van der Waals surface area contributed by atoms with Crippen molar-refractivity contribution in [2.75, 3.05) is 0 Å². The molecule has 0 spiro atoms. The molecule has 0 aromatic rings. The van der Waals surface area contributed by atoms with E-state index in [4.69, 9.17) is 5.73 Å². The molecule has 0 saturated heterocycles. The van der Waals surface area contributed by atoms with Gasteiger partial charge in [0.1, 0.15) is 6.17 Å². The molecular weight excluding hydrogens is 150 g/mol. The molecular formula is C5H9N3O3. The summed E-state index contributed by atoms with van der Waals surface area (Å²) in [6.07, 6.45) is -0.0615. The number of amides is 3. The predicted molar refractivity (Wildman–Crippen MR) is 36.0 cm³/mol. The Labute approximate surface area is 63.1 Å². The number of nitrogens with one attached hydrogen (secondary N) is 2. The minimum Gasteiger partial charge on any atom is -0.370 e. The normalized spacial score (nSPS) is 8.82. The molecule has 0 radical (unpaired) electrons. The summed E-state index contributed by atoms with van der Waals surface area (Å²) in [7, 11) is 0. The quantitative estimate of drug-likeness (QED) is 0.299. The van der Waals surface area contributed by atoms with Gasteiger partial charge >= 0.3 is 0 Å². The largest absolute Gasteiger partial charge is 0.370 e. The number of hydrogen-bond acceptors (Lipinski definition) is 3. The van der Waals surface area contributed by atoms with Gasteiger partial charge in [0.05, 0.1) is 6.42 Å². The zero-order valence-corrected chi connectivity index (χ0v) is 5.74. The Morgan fingerprint density at radius 1 is 1.36 bits per heavy atom. The first-order valence-electron chi connectivity index (χ1n) is 2.88. The molecule has 0 rings (SSSR count). The van der Waals surface area contributed by atoms with E-state index in [1.165, 1.54) is 0 Å². The van der Waals surface area contributed by atoms with E-state index in [-0.39, 0.29) is 6.42 Å². The third kappa shape index (κ3) is 4.89. The van der Waals surface area contributed by atoms with Crippen LogP contribution in [-0.4, -0.2) is 24.9 Å². The highest BCUT2D eigenvalue weighted by Crippen LogP contribution is 1.82. The van der Waals surface area contributed by atoms with Crippen LogP contribution in [0.15, 0.2) is 0 Å². The molecule has 0 aliphatic carbocycles. The molecule has 3 amide bonds. The second-order valence-electron chi connectivity index (χ2n) is 1.79. The predicted octanol–water partition coefficient (Wildman–Crippen LogP) is -2.32. The number of nitrogens with two attached hydrogens (primary N) is 1. The van der Waals surface area contributed by atoms with Crippen molar-refractivity contribution in [1.29, 1.82) is 0 Å². The van der Waals surface area contributed by atoms with E-state index in [9.17, 15) is 14.4 Å². The third-order valence-electron chi connectivity index (χ3n) is 0.944. The van der Waals surface area contributed by atoms with E-state index in [0.717, 1.165) is 0 Å². The first-order valence-corrected chi connectivity index (χ1v) is 2.88. The van der Waals surface area contributed by atoms with Crippen LogP contribution in [0.4, 0.5) is 0 Å². The average molecular weight is 159 g/mol. The van der Waals surface area contributed by atoms with Gasteiger partial charge in [0.2, 0.25) is 18.7 Å². The van der Waals surface area contributed by atoms with E-state index in [1.54, 1.807) is 0 Å². The Hall–Kier alpha value is -1.59. The lowest BCUT2D eigenvalue weighted by molar-refractivity contribution is -0.119. The smallest absolute Gasteiger partial charge is 0.221 e. The molecule has 0 fully saturated rings. The van der Waals surface area contributed by atoms with Gasteiger partial charge in [-0.15, -0.1) is 0 Å². The van der Waals surface area contributed by atoms with Gasteiger partial charge in [-0.1, -0.05) is 0 Å². The maximum Gasteiger partial charge on any atom is 0.221 e. The molecule has 62 valence electrons. The van der Waals surface area contributed by atoms with Crippen LogP contribution in [0.5, 0.6) is 0 Å². The Bertz CT molecular complexity index is 149. The molecule has 0 aliphatic heterocycles. The van der Waals surface area contributed by atoms with E-state index < -0.39 is 12.1 Å². The fraction of sp³-hybridized carbons (Fsp3) is 0.400. The molecule has 0 bridgehead atoms. The number of carbonyl (C=O) groups excluding carboxylic acids is 3. The van der Waals surface area contributed by atoms with Crippen molar-refractivity contribution >= 4 is 18.7 Å². The highest BCUT2D eigenvalue weighted by molar-refractivity contribution is 5.75. The molecule has 6 nitrogen and oxygen atoms in total. The van der Waals surface area contributed by atoms with Gasteiger partial charge in [0.15, 0.2) is 0 Å². The van der Waals surface area contributed by atoms with Crippen molar-refractivity contribution in [1.82, 2.24) is 10.6 Å². The number of primary amides is 1. The lowest BCUT2D eigenvalue weighted by atomic mass is 10.3. The highest BCUT2D eigenvalue weighted by Gasteiger charge is 2.07. The lowest BCUT2D eigenvalue weighted by Crippen LogP contribution is -2.43. The SMILES string of the molecule is NC(=O)CC(NC=O)NC=O. The Kier molecular flexibility index (Phi) is 4.46. The van der Waals surface area contributed by atoms with Gasteiger partial charge in [0.25, 0.3) is 0 Å². The van der Waals surface area contributed by atoms with E-state index in [2.05, 4.69) is 10.6 Å². The molecule has 0 saturated carbocycles. The summed E-state index contributed by atoms with van der Waals surface area (Å²) in [5.41, 5.74) is 4.80. The van der Waals surface area contributed by atoms with Crippen molar-refractivity contribution in [3.63, 3.8) is 0 Å². The Morgan fingerprint density at radius 2 is 1.82 bits per heavy atom. The maximum atomic E-state index is 10.3. The second-order valence-corrected chi connectivity index (χ2v) is 1.79. The van der Waals surface area contributed by atoms with Gasteiger partial charge < -0.3 is 16.4 Å². The zero-order chi connectivity index (χ0) is 8.69. The minimum absolute atomic E-state index is 0.114. The molecule has 0 heterocycles. The number of rotatable bonds is 6. The van der Waals surface area contributed by atoms with Crippen molar-refractivity contribution in [3.05, 3.63) is 0 Å². The van der Waals surface area contributed by atoms with E-state index >= 15 is 0 Å². The summed E-state index contributed by atoms with van der Waals surface area (Å²) in [6.45, 7) is 0. The van der Waals surface area contributed by atoms with Crippen molar-refractivity contribution in [3.8, 4) is 0 Å². The van der Waals surface area contributed by atoms with E-state index in [0.29, 0.717) is 12.8 Å². The average Bonchev–Trinajstić information content (AvgIpc) is 1.87. The maximum absolute atomic E-state index is 10.3. The third-order valence-corrected chi connectivity index (χ3v) is 0.944. The number of carbonyl (C=O) groups is 3. The van der Waals surface area contributed by atoms with Gasteiger partial charge in [-0.2, -0.15) is 0 Å². The van der Waals surface area contributed by atoms with Crippen LogP contribution in [-0.2, 0) is 14.4 Å². The summed E-state index contributed by atoms with van der Waals surface area (Å²) in [6, 6.07) is 0. The van der Waals surface area contributed by atoms with Crippen LogP contribution < -0.4 is 16.4 Å². The Morgan fingerprint density at radius 3 is 2.09 bits per heavy atom. The van der Waals surface area contributed by atoms with Crippen LogP contribution >= 0.6 is 0 Å². The highest BCUT2D eigenvalue weighted by atomic mass is 16.1. The van der Waals surface area contributed by atoms with Crippen molar-refractivity contribution in [2.24, 2.45) is 5.73 Å². The van der Waals surface area contributed by atoms with Crippen LogP contribution in [0, 0.1) is 0 Å². The molecule has 0 aliphatic rings. The fourth-order valence-corrected chi connectivity index (χ4v) is 0.531. The standard InChI is InChI=1S/C5H9N3O3/c6-4(11)1-5(7-2-9)8-3-10/h2-3,5H,1H2,(H2,6,11)(H,7,9)(H,8,10). The molecule has 0 atom stereocenters. The lowest BCUT2D eigenvalue weighted by Gasteiger charge is -2.11. The minimum atomic E-state index is -0.706. The number of hydrogen-bond donors (Lipinski definition) is 3. The van der Waals surface area contributed by atoms with Crippen molar-refractivity contribution < 1.29 is 14.4 Å². The topological polar surface area (TPSA) is 101 Å². The van der Waals surface area contributed by atoms with Gasteiger partial charge in [-0.05, 0) is 0 Å². The molecule has 0 aromatic carbocycles. The fourth-order valence-electron chi connectivity index (χ4n) is 0.531. The first kappa shape index (κ1) is 9.41. The van der Waals surface area contributed by atoms with Crippen LogP contribution in [0.2, 0.25) is 0 Å². The van der Waals surface area contributed by atoms with Crippen LogP contribution in [0.3, 0.4) is 0 Å². The summed E-state index contributed by atoms with van der Waals surface area (Å²) >= 11 is 0. The Balaban J connectivity index is 3.76. The van der Waals surface area contributed by atoms with Gasteiger partial charge in [0, 0.05) is 0 Å². The van der Waals surface area contributed by atoms with Gasteiger partial charge in [-0.25, -0.2) is 0 Å². The van der Waals surface area contributed by atoms with Crippen LogP contribution in [0.25, 0.3) is 0 Å². The van der Waals surface area contributed by atoms with Crippen LogP contribution in [0.1, 0.15) is 6.42 Å². The van der Waals surface area contributed by atoms with Crippen molar-refractivity contribution in [2.45, 2.75) is 12.6 Å². The molecule has 11 heavy (non-hydrogen) atoms. The molecule has 6 heteroatoms. The summed E-state index contributed by atoms with van der Waals surface area (Å²) in [5.74, 6) is -0.598. The first-order chi connectivity index (χ1) is 5.20. The molecule has 0 aromatic heterocycles. The molecule has 4 N–H and O–H groups in total. The summed E-state index contributed by atoms with van der Waals surface area (Å²) in [4.78, 5) is 30.0. The van der Waals surface area contributed by atoms with E-state index in [1.807, 2.05) is 0 Å². The second kappa shape index (κ2) is 5.21. The molecule has 0 unspecified atom stereocenters. The summed E-state index contributed by atoms with van der Waals surface area (Å²) in [5, 5.41) is 4.38.